The molecule has 1 aliphatic carbocycles. The van der Waals surface area contributed by atoms with Gasteiger partial charge in [-0.05, 0) is 30.6 Å². The van der Waals surface area contributed by atoms with Crippen molar-refractivity contribution in [2.45, 2.75) is 52.9 Å². The Kier molecular flexibility index (Phi) is 3.42. The topological polar surface area (TPSA) is 0 Å². The Morgan fingerprint density at radius 1 is 1.27 bits per heavy atom. The first kappa shape index (κ1) is 9.09. The fourth-order valence-corrected chi connectivity index (χ4v) is 2.33. The summed E-state index contributed by atoms with van der Waals surface area (Å²) in [5, 5.41) is 0. The van der Waals surface area contributed by atoms with Gasteiger partial charge in [0.15, 0.2) is 0 Å². The molecule has 3 atom stereocenters. The first-order chi connectivity index (χ1) is 5.27. The van der Waals surface area contributed by atoms with Gasteiger partial charge in [0.25, 0.3) is 0 Å². The third-order valence-electron chi connectivity index (χ3n) is 3.61. The third kappa shape index (κ3) is 2.21. The predicted octanol–water partition coefficient (Wildman–Crippen LogP) is 3.86. The van der Waals surface area contributed by atoms with Crippen molar-refractivity contribution in [3.8, 4) is 0 Å². The monoisotopic (exact) mass is 154 g/mol. The highest BCUT2D eigenvalue weighted by atomic mass is 14.3. The van der Waals surface area contributed by atoms with Crippen molar-refractivity contribution < 1.29 is 0 Å². The molecule has 0 heteroatoms. The summed E-state index contributed by atoms with van der Waals surface area (Å²) in [5.74, 6) is 3.10. The molecule has 0 aromatic heterocycles. The number of hydrogen-bond acceptors (Lipinski definition) is 0. The van der Waals surface area contributed by atoms with Crippen LogP contribution in [0.25, 0.3) is 0 Å². The molecule has 0 aromatic rings. The average molecular weight is 154 g/mol. The Balaban J connectivity index is 2.29. The summed E-state index contributed by atoms with van der Waals surface area (Å²) in [6.07, 6.45) is 7.32. The van der Waals surface area contributed by atoms with Crippen LogP contribution in [0.2, 0.25) is 0 Å². The number of rotatable bonds is 3. The molecule has 1 fully saturated rings. The van der Waals surface area contributed by atoms with Crippen LogP contribution in [0.5, 0.6) is 0 Å². The van der Waals surface area contributed by atoms with Crippen molar-refractivity contribution in [3.05, 3.63) is 0 Å². The van der Waals surface area contributed by atoms with Gasteiger partial charge < -0.3 is 0 Å². The van der Waals surface area contributed by atoms with Gasteiger partial charge in [0.2, 0.25) is 0 Å². The molecule has 0 nitrogen and oxygen atoms in total. The molecule has 0 amide bonds. The zero-order valence-electron chi connectivity index (χ0n) is 8.27. The standard InChI is InChI=1S/C11H22/c1-4-9(3)11-7-6-10(5-2)8-11/h9-11H,4-8H2,1-3H3/t9?,10-,11-/m1/s1. The zero-order chi connectivity index (χ0) is 8.27. The molecular weight excluding hydrogens is 132 g/mol. The Morgan fingerprint density at radius 3 is 2.45 bits per heavy atom. The minimum Gasteiger partial charge on any atom is -0.0651 e. The van der Waals surface area contributed by atoms with Crippen molar-refractivity contribution in [1.29, 1.82) is 0 Å². The van der Waals surface area contributed by atoms with Gasteiger partial charge in [-0.3, -0.25) is 0 Å². The zero-order valence-corrected chi connectivity index (χ0v) is 8.27. The Morgan fingerprint density at radius 2 is 2.00 bits per heavy atom. The third-order valence-corrected chi connectivity index (χ3v) is 3.61. The van der Waals surface area contributed by atoms with Gasteiger partial charge in [0.1, 0.15) is 0 Å². The first-order valence-electron chi connectivity index (χ1n) is 5.27. The molecule has 0 aromatic carbocycles. The molecule has 0 N–H and O–H groups in total. The maximum atomic E-state index is 2.42. The van der Waals surface area contributed by atoms with Crippen molar-refractivity contribution in [3.63, 3.8) is 0 Å². The predicted molar refractivity (Wildman–Crippen MR) is 50.6 cm³/mol. The molecule has 0 radical (unpaired) electrons. The number of hydrogen-bond donors (Lipinski definition) is 0. The van der Waals surface area contributed by atoms with Crippen LogP contribution in [0.4, 0.5) is 0 Å². The minimum absolute atomic E-state index is 0.978. The Hall–Kier alpha value is 0. The van der Waals surface area contributed by atoms with Gasteiger partial charge in [-0.2, -0.15) is 0 Å². The highest BCUT2D eigenvalue weighted by Crippen LogP contribution is 2.38. The van der Waals surface area contributed by atoms with Crippen LogP contribution in [0.3, 0.4) is 0 Å². The van der Waals surface area contributed by atoms with Crippen LogP contribution in [0.15, 0.2) is 0 Å². The van der Waals surface area contributed by atoms with Crippen LogP contribution in [-0.2, 0) is 0 Å². The van der Waals surface area contributed by atoms with E-state index in [1.165, 1.54) is 32.1 Å². The van der Waals surface area contributed by atoms with E-state index in [1.54, 1.807) is 0 Å². The fraction of sp³-hybridized carbons (Fsp3) is 1.00. The lowest BCUT2D eigenvalue weighted by Crippen LogP contribution is -2.06. The molecule has 1 aliphatic rings. The smallest absolute Gasteiger partial charge is 0.0386 e. The fourth-order valence-electron chi connectivity index (χ4n) is 2.33. The lowest BCUT2D eigenvalue weighted by molar-refractivity contribution is 0.342. The highest BCUT2D eigenvalue weighted by Gasteiger charge is 2.26. The summed E-state index contributed by atoms with van der Waals surface area (Å²) in [6, 6.07) is 0. The lowest BCUT2D eigenvalue weighted by atomic mass is 9.89. The summed E-state index contributed by atoms with van der Waals surface area (Å²) >= 11 is 0. The van der Waals surface area contributed by atoms with Crippen molar-refractivity contribution >= 4 is 0 Å². The van der Waals surface area contributed by atoms with E-state index in [9.17, 15) is 0 Å². The summed E-state index contributed by atoms with van der Waals surface area (Å²) in [5.41, 5.74) is 0. The Labute approximate surface area is 71.4 Å². The SMILES string of the molecule is CCC(C)[C@@H]1CC[C@@H](CC)C1. The lowest BCUT2D eigenvalue weighted by Gasteiger charge is -2.16. The van der Waals surface area contributed by atoms with Crippen LogP contribution in [0, 0.1) is 17.8 Å². The molecule has 1 unspecified atom stereocenters. The van der Waals surface area contributed by atoms with Crippen molar-refractivity contribution in [1.82, 2.24) is 0 Å². The van der Waals surface area contributed by atoms with E-state index >= 15 is 0 Å². The molecular formula is C11H22. The molecule has 0 spiro atoms. The van der Waals surface area contributed by atoms with E-state index in [0.29, 0.717) is 0 Å². The maximum Gasteiger partial charge on any atom is -0.0386 e. The molecule has 0 bridgehead atoms. The molecule has 1 saturated carbocycles. The molecule has 0 saturated heterocycles. The quantitative estimate of drug-likeness (QED) is 0.579. The summed E-state index contributed by atoms with van der Waals surface area (Å²) in [6.45, 7) is 7.08. The van der Waals surface area contributed by atoms with Crippen molar-refractivity contribution in [2.75, 3.05) is 0 Å². The average Bonchev–Trinajstić information content (AvgIpc) is 2.50. The van der Waals surface area contributed by atoms with Crippen LogP contribution in [-0.4, -0.2) is 0 Å². The second kappa shape index (κ2) is 4.13. The van der Waals surface area contributed by atoms with E-state index < -0.39 is 0 Å². The second-order valence-electron chi connectivity index (χ2n) is 4.23. The van der Waals surface area contributed by atoms with Gasteiger partial charge in [-0.25, -0.2) is 0 Å². The molecule has 0 aliphatic heterocycles. The molecule has 0 heterocycles. The summed E-state index contributed by atoms with van der Waals surface area (Å²) in [7, 11) is 0. The maximum absolute atomic E-state index is 2.42. The van der Waals surface area contributed by atoms with Gasteiger partial charge in [0.05, 0.1) is 0 Å². The van der Waals surface area contributed by atoms with E-state index in [1.807, 2.05) is 0 Å². The summed E-state index contributed by atoms with van der Waals surface area (Å²) in [4.78, 5) is 0. The summed E-state index contributed by atoms with van der Waals surface area (Å²) < 4.78 is 0. The van der Waals surface area contributed by atoms with Crippen molar-refractivity contribution in [2.24, 2.45) is 17.8 Å². The minimum atomic E-state index is 0.978. The van der Waals surface area contributed by atoms with Gasteiger partial charge in [0, 0.05) is 0 Å². The van der Waals surface area contributed by atoms with Gasteiger partial charge in [-0.1, -0.05) is 40.0 Å². The largest absolute Gasteiger partial charge is 0.0651 e. The second-order valence-corrected chi connectivity index (χ2v) is 4.23. The van der Waals surface area contributed by atoms with E-state index in [2.05, 4.69) is 20.8 Å². The van der Waals surface area contributed by atoms with E-state index in [0.717, 1.165) is 17.8 Å². The van der Waals surface area contributed by atoms with E-state index in [4.69, 9.17) is 0 Å². The highest BCUT2D eigenvalue weighted by molar-refractivity contribution is 4.77. The first-order valence-corrected chi connectivity index (χ1v) is 5.27. The van der Waals surface area contributed by atoms with Crippen LogP contribution < -0.4 is 0 Å². The Bertz CT molecular complexity index is 107. The molecule has 66 valence electrons. The van der Waals surface area contributed by atoms with Crippen LogP contribution in [0.1, 0.15) is 52.9 Å². The molecule has 11 heavy (non-hydrogen) atoms. The van der Waals surface area contributed by atoms with E-state index in [-0.39, 0.29) is 0 Å². The van der Waals surface area contributed by atoms with Gasteiger partial charge >= 0.3 is 0 Å². The normalized spacial score (nSPS) is 34.1. The van der Waals surface area contributed by atoms with Gasteiger partial charge in [-0.15, -0.1) is 0 Å². The molecule has 1 rings (SSSR count). The van der Waals surface area contributed by atoms with Crippen LogP contribution >= 0.6 is 0 Å².